The Morgan fingerprint density at radius 2 is 2.29 bits per heavy atom. The average molecular weight is 233 g/mol. The summed E-state index contributed by atoms with van der Waals surface area (Å²) >= 11 is 0. The van der Waals surface area contributed by atoms with Crippen molar-refractivity contribution in [1.82, 2.24) is 0 Å². The molecule has 17 heavy (non-hydrogen) atoms. The van der Waals surface area contributed by atoms with Crippen molar-refractivity contribution in [3.8, 4) is 0 Å². The number of likely N-dealkylation sites (N-methyl/N-ethyl adjacent to an activating group) is 1. The number of carboxylic acids is 1. The van der Waals surface area contributed by atoms with E-state index in [0.29, 0.717) is 0 Å². The fraction of sp³-hybridized carbons (Fsp3) is 0.500. The van der Waals surface area contributed by atoms with Crippen LogP contribution in [0.1, 0.15) is 25.0 Å². The number of aliphatic carboxylic acids is 1. The van der Waals surface area contributed by atoms with E-state index >= 15 is 0 Å². The Morgan fingerprint density at radius 3 is 2.88 bits per heavy atom. The molecule has 2 unspecified atom stereocenters. The van der Waals surface area contributed by atoms with Crippen LogP contribution in [0.4, 0.5) is 5.69 Å². The van der Waals surface area contributed by atoms with Gasteiger partial charge in [-0.15, -0.1) is 0 Å². The molecule has 0 amide bonds. The van der Waals surface area contributed by atoms with Crippen LogP contribution in [0.2, 0.25) is 0 Å². The molecule has 1 aliphatic rings. The van der Waals surface area contributed by atoms with Crippen molar-refractivity contribution in [3.05, 3.63) is 29.3 Å². The van der Waals surface area contributed by atoms with Gasteiger partial charge in [-0.3, -0.25) is 4.79 Å². The molecule has 0 spiro atoms. The van der Waals surface area contributed by atoms with Crippen molar-refractivity contribution in [2.45, 2.75) is 33.2 Å². The lowest BCUT2D eigenvalue weighted by atomic mass is 9.98. The zero-order chi connectivity index (χ0) is 12.6. The molecule has 0 aromatic heterocycles. The third kappa shape index (κ3) is 2.02. The first-order chi connectivity index (χ1) is 8.04. The molecule has 0 fully saturated rings. The minimum Gasteiger partial charge on any atom is -0.481 e. The van der Waals surface area contributed by atoms with Crippen molar-refractivity contribution in [3.63, 3.8) is 0 Å². The van der Waals surface area contributed by atoms with Crippen LogP contribution in [0.5, 0.6) is 0 Å². The van der Waals surface area contributed by atoms with Crippen LogP contribution in [0.15, 0.2) is 18.2 Å². The topological polar surface area (TPSA) is 40.5 Å². The van der Waals surface area contributed by atoms with E-state index in [1.807, 2.05) is 0 Å². The highest BCUT2D eigenvalue weighted by Crippen LogP contribution is 2.35. The highest BCUT2D eigenvalue weighted by molar-refractivity contribution is 5.73. The van der Waals surface area contributed by atoms with Gasteiger partial charge >= 0.3 is 5.97 Å². The number of carbonyl (C=O) groups is 1. The fourth-order valence-electron chi connectivity index (χ4n) is 2.69. The van der Waals surface area contributed by atoms with Gasteiger partial charge in [0.05, 0.1) is 5.92 Å². The van der Waals surface area contributed by atoms with Crippen LogP contribution < -0.4 is 4.90 Å². The number of hydrogen-bond donors (Lipinski definition) is 1. The Balaban J connectivity index is 2.34. The van der Waals surface area contributed by atoms with Crippen molar-refractivity contribution in [2.75, 3.05) is 11.4 Å². The molecule has 0 saturated carbocycles. The molecule has 2 rings (SSSR count). The van der Waals surface area contributed by atoms with E-state index in [2.05, 4.69) is 36.9 Å². The molecule has 0 radical (unpaired) electrons. The molecule has 1 N–H and O–H groups in total. The van der Waals surface area contributed by atoms with E-state index in [1.54, 1.807) is 6.92 Å². The van der Waals surface area contributed by atoms with Crippen LogP contribution in [0.3, 0.4) is 0 Å². The molecule has 92 valence electrons. The molecule has 1 aliphatic heterocycles. The molecule has 3 heteroatoms. The summed E-state index contributed by atoms with van der Waals surface area (Å²) in [7, 11) is 0. The van der Waals surface area contributed by atoms with Crippen LogP contribution in [0.25, 0.3) is 0 Å². The van der Waals surface area contributed by atoms with Gasteiger partial charge in [-0.25, -0.2) is 0 Å². The van der Waals surface area contributed by atoms with Crippen molar-refractivity contribution >= 4 is 11.7 Å². The molecule has 1 aromatic carbocycles. The summed E-state index contributed by atoms with van der Waals surface area (Å²) < 4.78 is 0. The molecular formula is C14H19NO2. The summed E-state index contributed by atoms with van der Waals surface area (Å²) in [5.41, 5.74) is 3.73. The maximum absolute atomic E-state index is 11.1. The maximum Gasteiger partial charge on any atom is 0.308 e. The van der Waals surface area contributed by atoms with E-state index in [1.165, 1.54) is 16.8 Å². The third-order valence-electron chi connectivity index (χ3n) is 3.68. The normalized spacial score (nSPS) is 20.2. The Bertz CT molecular complexity index is 442. The van der Waals surface area contributed by atoms with Gasteiger partial charge in [0, 0.05) is 18.3 Å². The van der Waals surface area contributed by atoms with Gasteiger partial charge in [0.25, 0.3) is 0 Å². The first-order valence-corrected chi connectivity index (χ1v) is 6.13. The number of benzene rings is 1. The van der Waals surface area contributed by atoms with Crippen LogP contribution in [0, 0.1) is 12.8 Å². The third-order valence-corrected chi connectivity index (χ3v) is 3.68. The molecule has 1 heterocycles. The number of fused-ring (bicyclic) bond motifs is 1. The second-order valence-corrected chi connectivity index (χ2v) is 4.82. The summed E-state index contributed by atoms with van der Waals surface area (Å²) in [4.78, 5) is 13.4. The predicted molar refractivity (Wildman–Crippen MR) is 68.5 cm³/mol. The average Bonchev–Trinajstić information content (AvgIpc) is 2.64. The van der Waals surface area contributed by atoms with Crippen LogP contribution in [-0.4, -0.2) is 23.7 Å². The summed E-state index contributed by atoms with van der Waals surface area (Å²) in [5, 5.41) is 9.16. The largest absolute Gasteiger partial charge is 0.481 e. The van der Waals surface area contributed by atoms with Gasteiger partial charge in [-0.1, -0.05) is 17.7 Å². The zero-order valence-corrected chi connectivity index (χ0v) is 10.6. The molecule has 0 saturated heterocycles. The Hall–Kier alpha value is -1.51. The standard InChI is InChI=1S/C14H19NO2/c1-4-15-12-6-5-9(2)7-11(12)8-13(15)10(3)14(16)17/h5-7,10,13H,4,8H2,1-3H3,(H,16,17). The lowest BCUT2D eigenvalue weighted by Crippen LogP contribution is -2.40. The SMILES string of the molecule is CCN1c2ccc(C)cc2CC1C(C)C(=O)O. The first-order valence-electron chi connectivity index (χ1n) is 6.13. The van der Waals surface area contributed by atoms with Gasteiger partial charge in [-0.05, 0) is 38.8 Å². The monoisotopic (exact) mass is 233 g/mol. The minimum absolute atomic E-state index is 0.0919. The smallest absolute Gasteiger partial charge is 0.308 e. The number of rotatable bonds is 3. The van der Waals surface area contributed by atoms with E-state index < -0.39 is 5.97 Å². The van der Waals surface area contributed by atoms with Gasteiger partial charge in [-0.2, -0.15) is 0 Å². The van der Waals surface area contributed by atoms with E-state index in [-0.39, 0.29) is 12.0 Å². The zero-order valence-electron chi connectivity index (χ0n) is 10.6. The van der Waals surface area contributed by atoms with E-state index in [4.69, 9.17) is 5.11 Å². The Labute approximate surface area is 102 Å². The number of aryl methyl sites for hydroxylation is 1. The number of hydrogen-bond acceptors (Lipinski definition) is 2. The molecular weight excluding hydrogens is 214 g/mol. The van der Waals surface area contributed by atoms with Gasteiger partial charge < -0.3 is 10.0 Å². The molecule has 2 atom stereocenters. The quantitative estimate of drug-likeness (QED) is 0.872. The summed E-state index contributed by atoms with van der Waals surface area (Å²) in [6, 6.07) is 6.47. The summed E-state index contributed by atoms with van der Waals surface area (Å²) in [6.07, 6.45) is 0.846. The maximum atomic E-state index is 11.1. The van der Waals surface area contributed by atoms with Crippen LogP contribution >= 0.6 is 0 Å². The first kappa shape index (κ1) is 12.0. The van der Waals surface area contributed by atoms with Crippen molar-refractivity contribution < 1.29 is 9.90 Å². The van der Waals surface area contributed by atoms with Crippen LogP contribution in [-0.2, 0) is 11.2 Å². The summed E-state index contributed by atoms with van der Waals surface area (Å²) in [6.45, 7) is 6.81. The second kappa shape index (κ2) is 4.40. The number of carboxylic acid groups (broad SMARTS) is 1. The second-order valence-electron chi connectivity index (χ2n) is 4.82. The van der Waals surface area contributed by atoms with Gasteiger partial charge in [0.15, 0.2) is 0 Å². The van der Waals surface area contributed by atoms with Crippen molar-refractivity contribution in [2.24, 2.45) is 5.92 Å². The molecule has 3 nitrogen and oxygen atoms in total. The van der Waals surface area contributed by atoms with Crippen molar-refractivity contribution in [1.29, 1.82) is 0 Å². The lowest BCUT2D eigenvalue weighted by molar-refractivity contribution is -0.141. The number of anilines is 1. The highest BCUT2D eigenvalue weighted by Gasteiger charge is 2.35. The molecule has 0 aliphatic carbocycles. The molecule has 1 aromatic rings. The summed E-state index contributed by atoms with van der Waals surface area (Å²) in [5.74, 6) is -1.04. The van der Waals surface area contributed by atoms with Gasteiger partial charge in [0.1, 0.15) is 0 Å². The Morgan fingerprint density at radius 1 is 1.59 bits per heavy atom. The van der Waals surface area contributed by atoms with E-state index in [0.717, 1.165) is 13.0 Å². The molecule has 0 bridgehead atoms. The number of nitrogens with zero attached hydrogens (tertiary/aromatic N) is 1. The lowest BCUT2D eigenvalue weighted by Gasteiger charge is -2.28. The Kier molecular flexibility index (Phi) is 3.09. The van der Waals surface area contributed by atoms with Gasteiger partial charge in [0.2, 0.25) is 0 Å². The van der Waals surface area contributed by atoms with E-state index in [9.17, 15) is 4.79 Å². The highest BCUT2D eigenvalue weighted by atomic mass is 16.4. The predicted octanol–water partition coefficient (Wildman–Crippen LogP) is 2.47. The minimum atomic E-state index is -0.710. The fourth-order valence-corrected chi connectivity index (χ4v) is 2.69.